The van der Waals surface area contributed by atoms with E-state index in [2.05, 4.69) is 54.6 Å². The number of rotatable bonds is 5. The van der Waals surface area contributed by atoms with E-state index in [9.17, 15) is 0 Å². The first-order valence-electron chi connectivity index (χ1n) is 7.02. The zero-order valence-electron chi connectivity index (χ0n) is 11.3. The van der Waals surface area contributed by atoms with E-state index in [1.54, 1.807) is 0 Å². The first kappa shape index (κ1) is 14.7. The molecule has 0 atom stereocenters. The summed E-state index contributed by atoms with van der Waals surface area (Å²) in [6.07, 6.45) is 14.7. The summed E-state index contributed by atoms with van der Waals surface area (Å²) in [5.74, 6) is 0. The van der Waals surface area contributed by atoms with Crippen molar-refractivity contribution in [1.82, 2.24) is 0 Å². The van der Waals surface area contributed by atoms with Gasteiger partial charge in [-0.15, -0.1) is 0 Å². The van der Waals surface area contributed by atoms with Gasteiger partial charge in [-0.1, -0.05) is 0 Å². The van der Waals surface area contributed by atoms with Crippen molar-refractivity contribution < 1.29 is 15.7 Å². The Morgan fingerprint density at radius 2 is 1.85 bits per heavy atom. The molecule has 0 amide bonds. The monoisotopic (exact) mass is 339 g/mol. The standard InChI is InChI=1S/C17H17.2ClH.Ti/c1-2-9-17(10-5-6-11-17)16-12-14-7-3-4-8-15(14)13-16;;;/h3-8,10-12H,1-2,9,13H2;2*1H;/q;;;+2/p-2. The molecule has 1 aromatic rings. The fourth-order valence-corrected chi connectivity index (χ4v) is 4.94. The Labute approximate surface area is 134 Å². The van der Waals surface area contributed by atoms with Crippen molar-refractivity contribution in [2.75, 3.05) is 0 Å². The van der Waals surface area contributed by atoms with Crippen LogP contribution in [0, 0.1) is 5.41 Å². The predicted molar refractivity (Wildman–Crippen MR) is 84.6 cm³/mol. The van der Waals surface area contributed by atoms with E-state index < -0.39 is 15.7 Å². The number of fused-ring (bicyclic) bond motifs is 1. The topological polar surface area (TPSA) is 0 Å². The van der Waals surface area contributed by atoms with Crippen LogP contribution in [0.2, 0.25) is 4.73 Å². The van der Waals surface area contributed by atoms with Crippen molar-refractivity contribution in [3.05, 3.63) is 65.3 Å². The summed E-state index contributed by atoms with van der Waals surface area (Å²) in [7, 11) is 12.0. The summed E-state index contributed by atoms with van der Waals surface area (Å²) in [5.41, 5.74) is 4.42. The molecule has 0 saturated carbocycles. The van der Waals surface area contributed by atoms with Crippen molar-refractivity contribution in [2.24, 2.45) is 5.41 Å². The predicted octanol–water partition coefficient (Wildman–Crippen LogP) is 5.86. The molecule has 0 heterocycles. The molecule has 0 nitrogen and oxygen atoms in total. The van der Waals surface area contributed by atoms with Gasteiger partial charge in [0.2, 0.25) is 0 Å². The molecule has 0 saturated heterocycles. The summed E-state index contributed by atoms with van der Waals surface area (Å²) in [6, 6.07) is 8.68. The molecule has 0 bridgehead atoms. The van der Waals surface area contributed by atoms with Crippen LogP contribution in [-0.4, -0.2) is 0 Å². The van der Waals surface area contributed by atoms with E-state index in [0.29, 0.717) is 0 Å². The van der Waals surface area contributed by atoms with Gasteiger partial charge >= 0.3 is 135 Å². The molecule has 0 N–H and O–H groups in total. The van der Waals surface area contributed by atoms with E-state index in [1.165, 1.54) is 16.7 Å². The first-order chi connectivity index (χ1) is 9.70. The van der Waals surface area contributed by atoms with Crippen LogP contribution in [0.3, 0.4) is 0 Å². The Morgan fingerprint density at radius 3 is 2.55 bits per heavy atom. The van der Waals surface area contributed by atoms with Crippen LogP contribution in [0.15, 0.2) is 54.1 Å². The zero-order valence-corrected chi connectivity index (χ0v) is 14.4. The van der Waals surface area contributed by atoms with Crippen LogP contribution in [-0.2, 0) is 22.2 Å². The van der Waals surface area contributed by atoms with Gasteiger partial charge in [-0.3, -0.25) is 0 Å². The fourth-order valence-electron chi connectivity index (χ4n) is 3.14. The Hall–Kier alpha value is -0.266. The maximum absolute atomic E-state index is 6.02. The molecule has 0 spiro atoms. The molecule has 3 rings (SSSR count). The van der Waals surface area contributed by atoms with Crippen LogP contribution in [0.25, 0.3) is 6.08 Å². The van der Waals surface area contributed by atoms with Gasteiger partial charge in [-0.05, 0) is 0 Å². The summed E-state index contributed by atoms with van der Waals surface area (Å²) in [6.45, 7) is 0. The first-order valence-corrected chi connectivity index (χ1v) is 12.4. The van der Waals surface area contributed by atoms with Crippen LogP contribution in [0.1, 0.15) is 24.0 Å². The van der Waals surface area contributed by atoms with Gasteiger partial charge < -0.3 is 0 Å². The summed E-state index contributed by atoms with van der Waals surface area (Å²) < 4.78 is 1.02. The summed E-state index contributed by atoms with van der Waals surface area (Å²) in [4.78, 5) is 0. The molecule has 2 aliphatic rings. The second-order valence-electron chi connectivity index (χ2n) is 5.50. The quantitative estimate of drug-likeness (QED) is 0.589. The van der Waals surface area contributed by atoms with Gasteiger partial charge in [0.1, 0.15) is 0 Å². The van der Waals surface area contributed by atoms with Crippen LogP contribution < -0.4 is 0 Å². The van der Waals surface area contributed by atoms with Gasteiger partial charge in [0.05, 0.1) is 0 Å². The second kappa shape index (κ2) is 6.24. The number of hydrogen-bond donors (Lipinski definition) is 0. The van der Waals surface area contributed by atoms with Crippen molar-refractivity contribution in [2.45, 2.75) is 24.0 Å². The minimum absolute atomic E-state index is 0.0978. The van der Waals surface area contributed by atoms with Gasteiger partial charge in [-0.25, -0.2) is 0 Å². The number of allylic oxidation sites excluding steroid dienone is 5. The molecule has 3 heteroatoms. The van der Waals surface area contributed by atoms with Crippen molar-refractivity contribution in [1.29, 1.82) is 0 Å². The average molecular weight is 340 g/mol. The molecular weight excluding hydrogens is 323 g/mol. The minimum atomic E-state index is -1.72. The fraction of sp³-hybridized carbons (Fsp3) is 0.294. The molecule has 0 fully saturated rings. The van der Waals surface area contributed by atoms with E-state index in [4.69, 9.17) is 18.6 Å². The number of benzene rings is 1. The van der Waals surface area contributed by atoms with Gasteiger partial charge in [-0.2, -0.15) is 0 Å². The third-order valence-corrected chi connectivity index (χ3v) is 6.92. The van der Waals surface area contributed by atoms with E-state index in [-0.39, 0.29) is 5.41 Å². The van der Waals surface area contributed by atoms with E-state index in [0.717, 1.165) is 24.0 Å². The number of hydrogen-bond acceptors (Lipinski definition) is 0. The average Bonchev–Trinajstić information content (AvgIpc) is 3.05. The number of halogens is 2. The van der Waals surface area contributed by atoms with E-state index in [1.807, 2.05) is 0 Å². The molecule has 0 unspecified atom stereocenters. The summed E-state index contributed by atoms with van der Waals surface area (Å²) in [5, 5.41) is 0. The molecule has 1 aromatic carbocycles. The molecule has 103 valence electrons. The Morgan fingerprint density at radius 1 is 1.10 bits per heavy atom. The summed E-state index contributed by atoms with van der Waals surface area (Å²) >= 11 is -1.72. The van der Waals surface area contributed by atoms with Crippen LogP contribution in [0.5, 0.6) is 0 Å². The molecule has 0 aliphatic heterocycles. The maximum atomic E-state index is 6.02. The normalized spacial score (nSPS) is 18.2. The van der Waals surface area contributed by atoms with Crippen molar-refractivity contribution in [3.63, 3.8) is 0 Å². The molecule has 2 aliphatic carbocycles. The third-order valence-electron chi connectivity index (χ3n) is 4.22. The van der Waals surface area contributed by atoms with Gasteiger partial charge in [0, 0.05) is 0 Å². The second-order valence-corrected chi connectivity index (χ2v) is 11.9. The Bertz CT molecular complexity index is 572. The van der Waals surface area contributed by atoms with Gasteiger partial charge in [0.25, 0.3) is 0 Å². The Kier molecular flexibility index (Phi) is 4.57. The molecule has 20 heavy (non-hydrogen) atoms. The van der Waals surface area contributed by atoms with Crippen molar-refractivity contribution >= 4 is 24.7 Å². The van der Waals surface area contributed by atoms with Crippen LogP contribution >= 0.6 is 18.6 Å². The molecular formula is C17H17Cl2Ti. The van der Waals surface area contributed by atoms with Gasteiger partial charge in [0.15, 0.2) is 0 Å². The zero-order chi connectivity index (χ0) is 14.0. The molecule has 0 radical (unpaired) electrons. The van der Waals surface area contributed by atoms with Crippen molar-refractivity contribution in [3.8, 4) is 0 Å². The Balaban J connectivity index is 1.80. The SMILES string of the molecule is [Cl][Ti]([Cl])[CH2]CCC1(C2=Cc3ccccc3C2)C=CC=C1. The van der Waals surface area contributed by atoms with Crippen LogP contribution in [0.4, 0.5) is 0 Å². The molecule has 0 aromatic heterocycles. The van der Waals surface area contributed by atoms with E-state index >= 15 is 0 Å². The third kappa shape index (κ3) is 2.99.